The third kappa shape index (κ3) is 3.41. The summed E-state index contributed by atoms with van der Waals surface area (Å²) in [7, 11) is 2.92. The van der Waals surface area contributed by atoms with Gasteiger partial charge in [-0.05, 0) is 5.56 Å². The van der Waals surface area contributed by atoms with E-state index in [-0.39, 0.29) is 18.2 Å². The summed E-state index contributed by atoms with van der Waals surface area (Å²) in [6, 6.07) is 6.23. The largest absolute Gasteiger partial charge is 0.352 e. The number of imide groups is 1. The summed E-state index contributed by atoms with van der Waals surface area (Å²) in [5, 5.41) is 6.61. The third-order valence-electron chi connectivity index (χ3n) is 4.28. The average Bonchev–Trinajstić information content (AvgIpc) is 3.14. The van der Waals surface area contributed by atoms with Gasteiger partial charge in [0.05, 0.1) is 6.42 Å². The molecule has 26 heavy (non-hydrogen) atoms. The fourth-order valence-corrected chi connectivity index (χ4v) is 2.71. The Bertz CT molecular complexity index is 845. The Balaban J connectivity index is 1.55. The van der Waals surface area contributed by atoms with Gasteiger partial charge in [0, 0.05) is 33.1 Å². The van der Waals surface area contributed by atoms with E-state index in [1.54, 1.807) is 6.92 Å². The molecule has 1 aliphatic rings. The van der Waals surface area contributed by atoms with Crippen molar-refractivity contribution in [2.24, 2.45) is 0 Å². The van der Waals surface area contributed by atoms with E-state index in [0.717, 1.165) is 16.0 Å². The molecule has 1 aliphatic heterocycles. The molecule has 9 heteroatoms. The topological polar surface area (TPSA) is 109 Å². The summed E-state index contributed by atoms with van der Waals surface area (Å²) in [6.45, 7) is 2.04. The van der Waals surface area contributed by atoms with Crippen molar-refractivity contribution in [3.63, 3.8) is 0 Å². The van der Waals surface area contributed by atoms with Gasteiger partial charge in [-0.1, -0.05) is 29.4 Å². The number of nitrogens with zero attached hydrogens (tertiary/aromatic N) is 4. The van der Waals surface area contributed by atoms with Crippen LogP contribution in [-0.4, -0.2) is 57.9 Å². The highest BCUT2D eigenvalue weighted by atomic mass is 16.5. The van der Waals surface area contributed by atoms with Gasteiger partial charge in [0.25, 0.3) is 5.91 Å². The molecule has 0 spiro atoms. The van der Waals surface area contributed by atoms with Crippen LogP contribution in [0.15, 0.2) is 28.8 Å². The monoisotopic (exact) mass is 357 g/mol. The lowest BCUT2D eigenvalue weighted by Gasteiger charge is -2.15. The third-order valence-corrected chi connectivity index (χ3v) is 4.28. The van der Waals surface area contributed by atoms with Gasteiger partial charge >= 0.3 is 6.03 Å². The SMILES string of the molecule is Cc1nc(-c2ccc(CNC(=O)C[C@@H]3C(=O)N(C)C(=O)N3C)cc2)no1. The van der Waals surface area contributed by atoms with Gasteiger partial charge in [0.1, 0.15) is 6.04 Å². The quantitative estimate of drug-likeness (QED) is 0.798. The number of aromatic nitrogens is 2. The van der Waals surface area contributed by atoms with Crippen molar-refractivity contribution in [2.45, 2.75) is 25.9 Å². The number of nitrogens with one attached hydrogen (secondary N) is 1. The highest BCUT2D eigenvalue weighted by Gasteiger charge is 2.41. The lowest BCUT2D eigenvalue weighted by molar-refractivity contribution is -0.131. The van der Waals surface area contributed by atoms with Crippen molar-refractivity contribution in [3.05, 3.63) is 35.7 Å². The molecule has 1 fully saturated rings. The van der Waals surface area contributed by atoms with Gasteiger partial charge in [-0.3, -0.25) is 14.5 Å². The summed E-state index contributed by atoms with van der Waals surface area (Å²) in [6.07, 6.45) is -0.0639. The van der Waals surface area contributed by atoms with Crippen LogP contribution in [0, 0.1) is 6.92 Å². The summed E-state index contributed by atoms with van der Waals surface area (Å²) < 4.78 is 4.95. The number of rotatable bonds is 5. The van der Waals surface area contributed by atoms with E-state index in [9.17, 15) is 14.4 Å². The predicted octanol–water partition coefficient (Wildman–Crippen LogP) is 0.944. The summed E-state index contributed by atoms with van der Waals surface area (Å²) >= 11 is 0. The van der Waals surface area contributed by atoms with Crippen LogP contribution in [0.3, 0.4) is 0 Å². The Morgan fingerprint density at radius 3 is 2.46 bits per heavy atom. The number of aryl methyl sites for hydroxylation is 1. The Kier molecular flexibility index (Phi) is 4.70. The van der Waals surface area contributed by atoms with Crippen LogP contribution in [0.25, 0.3) is 11.4 Å². The van der Waals surface area contributed by atoms with Crippen molar-refractivity contribution in [3.8, 4) is 11.4 Å². The molecule has 3 rings (SSSR count). The summed E-state index contributed by atoms with van der Waals surface area (Å²) in [5.41, 5.74) is 1.71. The Hall–Kier alpha value is -3.23. The number of amides is 4. The number of benzene rings is 1. The standard InChI is InChI=1S/C17H19N5O4/c1-10-19-15(20-26-10)12-6-4-11(5-7-12)9-18-14(23)8-13-16(24)22(3)17(25)21(13)2/h4-7,13H,8-9H2,1-3H3,(H,18,23)/t13-/m1/s1. The second-order valence-electron chi connectivity index (χ2n) is 6.12. The van der Waals surface area contributed by atoms with E-state index >= 15 is 0 Å². The van der Waals surface area contributed by atoms with E-state index in [1.807, 2.05) is 24.3 Å². The molecule has 0 unspecified atom stereocenters. The molecule has 0 radical (unpaired) electrons. The maximum absolute atomic E-state index is 12.1. The van der Waals surface area contributed by atoms with Gasteiger partial charge in [-0.2, -0.15) is 4.98 Å². The number of carbonyl (C=O) groups is 3. The first-order chi connectivity index (χ1) is 12.4. The second-order valence-corrected chi connectivity index (χ2v) is 6.12. The molecule has 1 aromatic heterocycles. The molecule has 0 saturated carbocycles. The Labute approximate surface area is 150 Å². The van der Waals surface area contributed by atoms with E-state index in [0.29, 0.717) is 18.3 Å². The van der Waals surface area contributed by atoms with Crippen molar-refractivity contribution < 1.29 is 18.9 Å². The molecule has 0 bridgehead atoms. The molecule has 2 heterocycles. The van der Waals surface area contributed by atoms with Crippen LogP contribution in [0.1, 0.15) is 17.9 Å². The maximum atomic E-state index is 12.1. The number of hydrogen-bond donors (Lipinski definition) is 1. The minimum absolute atomic E-state index is 0.0639. The summed E-state index contributed by atoms with van der Waals surface area (Å²) in [4.78, 5) is 42.3. The van der Waals surface area contributed by atoms with Crippen LogP contribution in [-0.2, 0) is 16.1 Å². The molecule has 4 amide bonds. The van der Waals surface area contributed by atoms with Crippen molar-refractivity contribution in [2.75, 3.05) is 14.1 Å². The predicted molar refractivity (Wildman–Crippen MR) is 90.7 cm³/mol. The minimum Gasteiger partial charge on any atom is -0.352 e. The minimum atomic E-state index is -0.753. The molecular formula is C17H19N5O4. The molecule has 1 N–H and O–H groups in total. The smallest absolute Gasteiger partial charge is 0.326 e. The van der Waals surface area contributed by atoms with E-state index in [1.165, 1.54) is 19.0 Å². The van der Waals surface area contributed by atoms with Crippen LogP contribution in [0.2, 0.25) is 0 Å². The van der Waals surface area contributed by atoms with E-state index in [2.05, 4.69) is 15.5 Å². The zero-order valence-electron chi connectivity index (χ0n) is 14.7. The molecular weight excluding hydrogens is 338 g/mol. The molecule has 1 atom stereocenters. The second kappa shape index (κ2) is 6.95. The molecule has 9 nitrogen and oxygen atoms in total. The first-order valence-electron chi connectivity index (χ1n) is 8.07. The van der Waals surface area contributed by atoms with Crippen molar-refractivity contribution in [1.29, 1.82) is 0 Å². The first-order valence-corrected chi connectivity index (χ1v) is 8.07. The van der Waals surface area contributed by atoms with Crippen LogP contribution >= 0.6 is 0 Å². The first kappa shape index (κ1) is 17.6. The van der Waals surface area contributed by atoms with Gasteiger partial charge in [-0.15, -0.1) is 0 Å². The van der Waals surface area contributed by atoms with Crippen LogP contribution < -0.4 is 5.32 Å². The number of urea groups is 1. The number of carbonyl (C=O) groups excluding carboxylic acids is 3. The summed E-state index contributed by atoms with van der Waals surface area (Å²) in [5.74, 6) is 0.338. The Morgan fingerprint density at radius 1 is 1.23 bits per heavy atom. The lowest BCUT2D eigenvalue weighted by atomic mass is 10.1. The number of likely N-dealkylation sites (N-methyl/N-ethyl adjacent to an activating group) is 2. The van der Waals surface area contributed by atoms with E-state index < -0.39 is 12.1 Å². The van der Waals surface area contributed by atoms with Gasteiger partial charge in [-0.25, -0.2) is 4.79 Å². The lowest BCUT2D eigenvalue weighted by Crippen LogP contribution is -2.37. The number of hydrogen-bond acceptors (Lipinski definition) is 6. The zero-order chi connectivity index (χ0) is 18.8. The van der Waals surface area contributed by atoms with E-state index in [4.69, 9.17) is 4.52 Å². The molecule has 1 aromatic carbocycles. The van der Waals surface area contributed by atoms with Gasteiger partial charge in [0.2, 0.25) is 17.6 Å². The Morgan fingerprint density at radius 2 is 1.92 bits per heavy atom. The van der Waals surface area contributed by atoms with Crippen LogP contribution in [0.5, 0.6) is 0 Å². The van der Waals surface area contributed by atoms with Crippen molar-refractivity contribution in [1.82, 2.24) is 25.3 Å². The highest BCUT2D eigenvalue weighted by molar-refractivity contribution is 6.05. The molecule has 1 saturated heterocycles. The molecule has 136 valence electrons. The van der Waals surface area contributed by atoms with Gasteiger partial charge < -0.3 is 14.7 Å². The van der Waals surface area contributed by atoms with Crippen molar-refractivity contribution >= 4 is 17.8 Å². The molecule has 0 aliphatic carbocycles. The zero-order valence-corrected chi connectivity index (χ0v) is 14.7. The normalized spacial score (nSPS) is 17.1. The molecule has 2 aromatic rings. The highest BCUT2D eigenvalue weighted by Crippen LogP contribution is 2.18. The maximum Gasteiger partial charge on any atom is 0.326 e. The fraction of sp³-hybridized carbons (Fsp3) is 0.353. The van der Waals surface area contributed by atoms with Gasteiger partial charge in [0.15, 0.2) is 0 Å². The average molecular weight is 357 g/mol. The van der Waals surface area contributed by atoms with Crippen LogP contribution in [0.4, 0.5) is 4.79 Å². The fourth-order valence-electron chi connectivity index (χ4n) is 2.71.